The second kappa shape index (κ2) is 18.0. The first-order valence-electron chi connectivity index (χ1n) is 21.2. The number of rotatable bonds is 16. The smallest absolute Gasteiger partial charge is 0.267 e. The highest BCUT2D eigenvalue weighted by Crippen LogP contribution is 2.61. The van der Waals surface area contributed by atoms with Crippen LogP contribution in [0.1, 0.15) is 81.8 Å². The Hall–Kier alpha value is -5.41. The zero-order valence-electron chi connectivity index (χ0n) is 33.3. The molecule has 12 heteroatoms. The number of hydrogen-bond donors (Lipinski definition) is 2. The molecule has 2 aromatic carbocycles. The van der Waals surface area contributed by atoms with Crippen LogP contribution in [0.25, 0.3) is 22.6 Å². The summed E-state index contributed by atoms with van der Waals surface area (Å²) in [6, 6.07) is 20.2. The first kappa shape index (κ1) is 39.4. The van der Waals surface area contributed by atoms with Crippen LogP contribution in [0.2, 0.25) is 0 Å². The molecular weight excluding hydrogens is 729 g/mol. The summed E-state index contributed by atoms with van der Waals surface area (Å²) in [5.41, 5.74) is 3.67. The van der Waals surface area contributed by atoms with Crippen molar-refractivity contribution in [2.45, 2.75) is 77.2 Å². The lowest BCUT2D eigenvalue weighted by atomic mass is 9.49. The van der Waals surface area contributed by atoms with E-state index in [1.165, 1.54) is 49.3 Å². The Morgan fingerprint density at radius 2 is 1.52 bits per heavy atom. The lowest BCUT2D eigenvalue weighted by Gasteiger charge is -2.56. The maximum atomic E-state index is 12.8. The van der Waals surface area contributed by atoms with Gasteiger partial charge in [-0.2, -0.15) is 10.4 Å². The van der Waals surface area contributed by atoms with E-state index in [9.17, 15) is 19.6 Å². The molecule has 3 heterocycles. The number of nitrogens with zero attached hydrogens (tertiary/aromatic N) is 6. The number of amides is 2. The molecule has 2 amide bonds. The summed E-state index contributed by atoms with van der Waals surface area (Å²) in [5.74, 6) is 4.43. The fourth-order valence-electron chi connectivity index (χ4n) is 10.4. The maximum absolute atomic E-state index is 12.8. The van der Waals surface area contributed by atoms with Crippen LogP contribution >= 0.6 is 0 Å². The third-order valence-corrected chi connectivity index (χ3v) is 12.8. The maximum Gasteiger partial charge on any atom is 0.267 e. The van der Waals surface area contributed by atoms with Gasteiger partial charge in [-0.05, 0) is 136 Å². The highest BCUT2D eigenvalue weighted by molar-refractivity contribution is 5.78. The average molecular weight is 783 g/mol. The van der Waals surface area contributed by atoms with E-state index in [1.54, 1.807) is 36.7 Å². The zero-order chi connectivity index (χ0) is 39.9. The second-order valence-electron chi connectivity index (χ2n) is 17.4. The van der Waals surface area contributed by atoms with Gasteiger partial charge in [0.05, 0.1) is 49.4 Å². The third-order valence-electron chi connectivity index (χ3n) is 12.8. The first-order chi connectivity index (χ1) is 28.3. The van der Waals surface area contributed by atoms with Gasteiger partial charge in [0.1, 0.15) is 0 Å². The Morgan fingerprint density at radius 1 is 0.845 bits per heavy atom. The summed E-state index contributed by atoms with van der Waals surface area (Å²) in [7, 11) is 0. The minimum Gasteiger partial charge on any atom is -0.490 e. The van der Waals surface area contributed by atoms with Crippen molar-refractivity contribution in [3.8, 4) is 34.5 Å². The highest BCUT2D eigenvalue weighted by Gasteiger charge is 2.51. The standard InChI is InChI=1S/C46H54N8O4/c47-26-33-5-3-7-38(20-33)41-9-10-44(57)54(52-41)29-34-6-4-8-39(21-34)45-50-27-40(28-51-45)58-31-32-11-15-53(16-12-32)30-43(56)49-14-2-1-13-48-42(55)25-46-22-35-17-36(23-46)19-37(18-35)24-46/h3-10,20-21,27-28,32,35-37H,1-2,11-19,22-25,29-31H2,(H,48,55)(H,49,56). The summed E-state index contributed by atoms with van der Waals surface area (Å²) in [6.07, 6.45) is 15.7. The number of carbonyl (C=O) groups is 2. The summed E-state index contributed by atoms with van der Waals surface area (Å²) >= 11 is 0. The molecule has 1 saturated heterocycles. The fraction of sp³-hybridized carbons (Fsp3) is 0.500. The number of hydrogen-bond acceptors (Lipinski definition) is 9. The zero-order valence-corrected chi connectivity index (χ0v) is 33.3. The third kappa shape index (κ3) is 9.99. The summed E-state index contributed by atoms with van der Waals surface area (Å²) < 4.78 is 7.49. The van der Waals surface area contributed by atoms with Crippen molar-refractivity contribution in [3.63, 3.8) is 0 Å². The van der Waals surface area contributed by atoms with E-state index in [-0.39, 0.29) is 29.3 Å². The second-order valence-corrected chi connectivity index (χ2v) is 17.4. The van der Waals surface area contributed by atoms with Gasteiger partial charge in [0, 0.05) is 36.7 Å². The SMILES string of the molecule is N#Cc1cccc(-c2ccc(=O)n(Cc3cccc(-c4ncc(OCC5CCN(CC(=O)NCCCCNC(=O)CC67CC8CC(CC(C8)C6)C7)CC5)cn4)c3)n2)c1. The highest BCUT2D eigenvalue weighted by atomic mass is 16.5. The van der Waals surface area contributed by atoms with Crippen molar-refractivity contribution in [2.75, 3.05) is 39.3 Å². The number of aromatic nitrogens is 4. The predicted octanol–water partition coefficient (Wildman–Crippen LogP) is 6.00. The van der Waals surface area contributed by atoms with Crippen molar-refractivity contribution in [2.24, 2.45) is 29.1 Å². The van der Waals surface area contributed by atoms with E-state index in [0.717, 1.165) is 73.2 Å². The van der Waals surface area contributed by atoms with Crippen LogP contribution in [0, 0.1) is 40.4 Å². The van der Waals surface area contributed by atoms with Crippen LogP contribution in [0.15, 0.2) is 77.9 Å². The van der Waals surface area contributed by atoms with E-state index < -0.39 is 0 Å². The lowest BCUT2D eigenvalue weighted by molar-refractivity contribution is -0.129. The van der Waals surface area contributed by atoms with E-state index in [4.69, 9.17) is 4.74 Å². The molecular formula is C46H54N8O4. The van der Waals surface area contributed by atoms with Crippen LogP contribution in [-0.2, 0) is 16.1 Å². The van der Waals surface area contributed by atoms with Gasteiger partial charge in [0.15, 0.2) is 11.6 Å². The molecule has 12 nitrogen and oxygen atoms in total. The van der Waals surface area contributed by atoms with Crippen molar-refractivity contribution in [1.82, 2.24) is 35.3 Å². The number of unbranched alkanes of at least 4 members (excludes halogenated alkanes) is 1. The van der Waals surface area contributed by atoms with Gasteiger partial charge >= 0.3 is 0 Å². The molecule has 0 radical (unpaired) electrons. The molecule has 4 bridgehead atoms. The number of ether oxygens (including phenoxy) is 1. The van der Waals surface area contributed by atoms with Gasteiger partial charge < -0.3 is 15.4 Å². The van der Waals surface area contributed by atoms with Crippen LogP contribution < -0.4 is 20.9 Å². The first-order valence-corrected chi connectivity index (χ1v) is 21.2. The molecule has 58 heavy (non-hydrogen) atoms. The van der Waals surface area contributed by atoms with Crippen LogP contribution in [0.3, 0.4) is 0 Å². The van der Waals surface area contributed by atoms with Crippen molar-refractivity contribution in [3.05, 3.63) is 94.5 Å². The Labute approximate surface area is 340 Å². The molecule has 0 atom stereocenters. The van der Waals surface area contributed by atoms with E-state index in [2.05, 4.69) is 36.7 Å². The Kier molecular flexibility index (Phi) is 12.2. The minimum absolute atomic E-state index is 0.0575. The van der Waals surface area contributed by atoms with Crippen molar-refractivity contribution >= 4 is 11.8 Å². The normalized spacial score (nSPS) is 22.6. The molecule has 2 aromatic heterocycles. The van der Waals surface area contributed by atoms with Crippen molar-refractivity contribution < 1.29 is 14.3 Å². The van der Waals surface area contributed by atoms with Gasteiger partial charge in [-0.3, -0.25) is 19.3 Å². The van der Waals surface area contributed by atoms with Crippen molar-refractivity contribution in [1.29, 1.82) is 5.26 Å². The van der Waals surface area contributed by atoms with Crippen LogP contribution in [-0.4, -0.2) is 75.8 Å². The molecule has 2 N–H and O–H groups in total. The fourth-order valence-corrected chi connectivity index (χ4v) is 10.4. The van der Waals surface area contributed by atoms with Gasteiger partial charge in [-0.15, -0.1) is 0 Å². The van der Waals surface area contributed by atoms with Gasteiger partial charge in [-0.25, -0.2) is 14.6 Å². The Bertz CT molecular complexity index is 2140. The molecule has 5 fully saturated rings. The van der Waals surface area contributed by atoms with Crippen LogP contribution in [0.4, 0.5) is 0 Å². The summed E-state index contributed by atoms with van der Waals surface area (Å²) in [6.45, 7) is 4.26. The molecule has 4 saturated carbocycles. The van der Waals surface area contributed by atoms with E-state index >= 15 is 0 Å². The number of nitrogens with one attached hydrogen (secondary N) is 2. The largest absolute Gasteiger partial charge is 0.490 e. The molecule has 5 aliphatic rings. The van der Waals surface area contributed by atoms with Gasteiger partial charge in [-0.1, -0.05) is 30.3 Å². The van der Waals surface area contributed by atoms with Gasteiger partial charge in [0.2, 0.25) is 11.8 Å². The van der Waals surface area contributed by atoms with Crippen LogP contribution in [0.5, 0.6) is 5.75 Å². The molecule has 0 spiro atoms. The Morgan fingerprint density at radius 3 is 2.22 bits per heavy atom. The molecule has 302 valence electrons. The summed E-state index contributed by atoms with van der Waals surface area (Å²) in [4.78, 5) is 49.4. The molecule has 1 aliphatic heterocycles. The quantitative estimate of drug-likeness (QED) is 0.130. The molecule has 0 unspecified atom stereocenters. The number of carbonyl (C=O) groups excluding carboxylic acids is 2. The van der Waals surface area contributed by atoms with E-state index in [1.807, 2.05) is 30.3 Å². The molecule has 4 aromatic rings. The summed E-state index contributed by atoms with van der Waals surface area (Å²) in [5, 5.41) is 20.1. The minimum atomic E-state index is -0.221. The lowest BCUT2D eigenvalue weighted by Crippen LogP contribution is -2.48. The topological polar surface area (TPSA) is 155 Å². The monoisotopic (exact) mass is 782 g/mol. The number of benzene rings is 2. The average Bonchev–Trinajstić information content (AvgIpc) is 3.22. The molecule has 4 aliphatic carbocycles. The van der Waals surface area contributed by atoms with E-state index in [0.29, 0.717) is 61.4 Å². The number of likely N-dealkylation sites (tertiary alicyclic amines) is 1. The molecule has 9 rings (SSSR count). The predicted molar refractivity (Wildman–Crippen MR) is 220 cm³/mol. The Balaban J connectivity index is 0.710. The number of nitriles is 1. The van der Waals surface area contributed by atoms with Gasteiger partial charge in [0.25, 0.3) is 5.56 Å². The number of piperidine rings is 1.